The summed E-state index contributed by atoms with van der Waals surface area (Å²) in [5.74, 6) is 0.359. The number of rotatable bonds is 9. The SMILES string of the molecule is [B]c1cc(C)c(CC)c(C(=C)/C(C)=C\C=C(/C)C2C=Cc3c(c(/C=C\CC)c(CC)n3-c3ccccc3)C2)c1C. The number of fused-ring (bicyclic) bond motifs is 1. The van der Waals surface area contributed by atoms with Crippen LogP contribution in [0.4, 0.5) is 0 Å². The minimum atomic E-state index is 0.359. The monoisotopic (exact) mass is 525 g/mol. The van der Waals surface area contributed by atoms with Crippen molar-refractivity contribution in [2.75, 3.05) is 0 Å². The summed E-state index contributed by atoms with van der Waals surface area (Å²) in [5, 5.41) is 0. The fourth-order valence-electron chi connectivity index (χ4n) is 6.10. The number of benzene rings is 2. The van der Waals surface area contributed by atoms with Crippen molar-refractivity contribution in [3.05, 3.63) is 123 Å². The summed E-state index contributed by atoms with van der Waals surface area (Å²) in [6, 6.07) is 12.9. The van der Waals surface area contributed by atoms with E-state index in [2.05, 4.69) is 132 Å². The number of hydrogen-bond acceptors (Lipinski definition) is 0. The molecule has 2 aromatic carbocycles. The standard InChI is InChI=1S/C38H44BN/c1-9-12-18-33-34-24-30(21-22-37(34)40(36(33)11-3)31-16-14-13-15-17-31)26(5)20-19-25(4)28(7)38-29(8)35(39)23-27(6)32(38)10-2/h12-23,30H,7,9-11,24H2,1-6,8H3/b18-12-,25-19-,26-20+. The normalized spacial score (nSPS) is 15.6. The average molecular weight is 526 g/mol. The quantitative estimate of drug-likeness (QED) is 0.194. The highest BCUT2D eigenvalue weighted by molar-refractivity contribution is 6.33. The van der Waals surface area contributed by atoms with Gasteiger partial charge in [-0.1, -0.05) is 98.6 Å². The summed E-state index contributed by atoms with van der Waals surface area (Å²) in [6.07, 6.45) is 17.9. The largest absolute Gasteiger partial charge is 0.313 e. The third kappa shape index (κ3) is 5.68. The van der Waals surface area contributed by atoms with E-state index < -0.39 is 0 Å². The Kier molecular flexibility index (Phi) is 9.41. The van der Waals surface area contributed by atoms with Crippen LogP contribution in [0.3, 0.4) is 0 Å². The van der Waals surface area contributed by atoms with E-state index >= 15 is 0 Å². The summed E-state index contributed by atoms with van der Waals surface area (Å²) >= 11 is 0. The molecule has 1 aliphatic rings. The average Bonchev–Trinajstić information content (AvgIpc) is 3.28. The third-order valence-corrected chi connectivity index (χ3v) is 8.51. The molecule has 0 spiro atoms. The molecule has 0 fully saturated rings. The lowest BCUT2D eigenvalue weighted by Crippen LogP contribution is -2.14. The van der Waals surface area contributed by atoms with Crippen LogP contribution in [0, 0.1) is 19.8 Å². The predicted molar refractivity (Wildman–Crippen MR) is 178 cm³/mol. The van der Waals surface area contributed by atoms with Gasteiger partial charge in [-0.3, -0.25) is 0 Å². The van der Waals surface area contributed by atoms with Gasteiger partial charge in [-0.15, -0.1) is 0 Å². The van der Waals surface area contributed by atoms with Crippen molar-refractivity contribution >= 4 is 31.0 Å². The third-order valence-electron chi connectivity index (χ3n) is 8.51. The molecule has 1 aliphatic carbocycles. The Hall–Kier alpha value is -3.52. The molecular formula is C38H44BN. The van der Waals surface area contributed by atoms with Crippen molar-refractivity contribution in [2.24, 2.45) is 5.92 Å². The van der Waals surface area contributed by atoms with E-state index in [4.69, 9.17) is 7.85 Å². The second kappa shape index (κ2) is 12.8. The van der Waals surface area contributed by atoms with Gasteiger partial charge in [-0.05, 0) is 111 Å². The molecule has 1 heterocycles. The van der Waals surface area contributed by atoms with Crippen molar-refractivity contribution in [2.45, 2.75) is 74.1 Å². The van der Waals surface area contributed by atoms with Gasteiger partial charge >= 0.3 is 0 Å². The maximum Gasteiger partial charge on any atom is 0.114 e. The molecule has 0 bridgehead atoms. The smallest absolute Gasteiger partial charge is 0.114 e. The summed E-state index contributed by atoms with van der Waals surface area (Å²) in [6.45, 7) is 19.9. The van der Waals surface area contributed by atoms with Crippen molar-refractivity contribution in [3.8, 4) is 5.69 Å². The Bertz CT molecular complexity index is 1520. The van der Waals surface area contributed by atoms with Crippen molar-refractivity contribution < 1.29 is 0 Å². The zero-order chi connectivity index (χ0) is 29.0. The zero-order valence-corrected chi connectivity index (χ0v) is 25.6. The van der Waals surface area contributed by atoms with Crippen molar-refractivity contribution in [1.29, 1.82) is 0 Å². The van der Waals surface area contributed by atoms with Gasteiger partial charge in [-0.25, -0.2) is 0 Å². The number of allylic oxidation sites excluding steroid dienone is 7. The van der Waals surface area contributed by atoms with Gasteiger partial charge in [0.05, 0.1) is 0 Å². The van der Waals surface area contributed by atoms with Gasteiger partial charge in [0.15, 0.2) is 0 Å². The van der Waals surface area contributed by atoms with E-state index in [0.717, 1.165) is 42.3 Å². The van der Waals surface area contributed by atoms with Gasteiger partial charge < -0.3 is 4.57 Å². The van der Waals surface area contributed by atoms with E-state index in [1.54, 1.807) is 0 Å². The molecule has 1 unspecified atom stereocenters. The Balaban J connectivity index is 1.69. The molecule has 204 valence electrons. The van der Waals surface area contributed by atoms with Crippen LogP contribution in [0.15, 0.2) is 78.4 Å². The first-order valence-electron chi connectivity index (χ1n) is 14.8. The van der Waals surface area contributed by atoms with Crippen LogP contribution in [0.1, 0.15) is 85.8 Å². The molecule has 0 aliphatic heterocycles. The van der Waals surface area contributed by atoms with E-state index in [-0.39, 0.29) is 0 Å². The van der Waals surface area contributed by atoms with Crippen LogP contribution in [-0.4, -0.2) is 12.4 Å². The molecule has 0 amide bonds. The van der Waals surface area contributed by atoms with Gasteiger partial charge in [0, 0.05) is 23.0 Å². The molecule has 2 heteroatoms. The van der Waals surface area contributed by atoms with Gasteiger partial charge in [0.1, 0.15) is 7.85 Å². The zero-order valence-electron chi connectivity index (χ0n) is 25.6. The number of aromatic nitrogens is 1. The summed E-state index contributed by atoms with van der Waals surface area (Å²) < 4.78 is 2.46. The maximum absolute atomic E-state index is 6.36. The summed E-state index contributed by atoms with van der Waals surface area (Å²) in [4.78, 5) is 0. The second-order valence-corrected chi connectivity index (χ2v) is 11.1. The van der Waals surface area contributed by atoms with Crippen molar-refractivity contribution in [1.82, 2.24) is 4.57 Å². The molecule has 3 aromatic rings. The van der Waals surface area contributed by atoms with Crippen LogP contribution in [-0.2, 0) is 19.3 Å². The molecule has 2 radical (unpaired) electrons. The molecular weight excluding hydrogens is 481 g/mol. The molecule has 1 aromatic heterocycles. The summed E-state index contributed by atoms with van der Waals surface area (Å²) in [7, 11) is 6.36. The Labute approximate surface area is 244 Å². The highest BCUT2D eigenvalue weighted by Gasteiger charge is 2.25. The maximum atomic E-state index is 6.36. The lowest BCUT2D eigenvalue weighted by molar-refractivity contribution is 0.742. The number of hydrogen-bond donors (Lipinski definition) is 0. The van der Waals surface area contributed by atoms with Gasteiger partial charge in [0.2, 0.25) is 0 Å². The minimum absolute atomic E-state index is 0.359. The molecule has 0 saturated carbocycles. The van der Waals surface area contributed by atoms with E-state index in [1.807, 2.05) is 0 Å². The number of nitrogens with zero attached hydrogens (tertiary/aromatic N) is 1. The second-order valence-electron chi connectivity index (χ2n) is 11.1. The molecule has 1 nitrogen and oxygen atoms in total. The summed E-state index contributed by atoms with van der Waals surface area (Å²) in [5.41, 5.74) is 16.2. The first kappa shape index (κ1) is 29.5. The molecule has 0 saturated heterocycles. The predicted octanol–water partition coefficient (Wildman–Crippen LogP) is 9.23. The fourth-order valence-corrected chi connectivity index (χ4v) is 6.10. The van der Waals surface area contributed by atoms with E-state index in [9.17, 15) is 0 Å². The molecule has 4 rings (SSSR count). The lowest BCUT2D eigenvalue weighted by atomic mass is 9.80. The van der Waals surface area contributed by atoms with Crippen LogP contribution in [0.5, 0.6) is 0 Å². The van der Waals surface area contributed by atoms with E-state index in [0.29, 0.717) is 5.92 Å². The highest BCUT2D eigenvalue weighted by atomic mass is 15.0. The topological polar surface area (TPSA) is 4.93 Å². The Morgan fingerprint density at radius 1 is 1.05 bits per heavy atom. The van der Waals surface area contributed by atoms with Crippen LogP contribution < -0.4 is 5.46 Å². The van der Waals surface area contributed by atoms with E-state index in [1.165, 1.54) is 56.0 Å². The fraction of sp³-hybridized carbons (Fsp3) is 0.316. The van der Waals surface area contributed by atoms with Gasteiger partial charge in [0.25, 0.3) is 0 Å². The van der Waals surface area contributed by atoms with Crippen molar-refractivity contribution in [3.63, 3.8) is 0 Å². The van der Waals surface area contributed by atoms with Crippen LogP contribution in [0.25, 0.3) is 23.4 Å². The Morgan fingerprint density at radius 3 is 2.42 bits per heavy atom. The van der Waals surface area contributed by atoms with Gasteiger partial charge in [-0.2, -0.15) is 0 Å². The first-order chi connectivity index (χ1) is 19.2. The number of para-hydroxylation sites is 1. The lowest BCUT2D eigenvalue weighted by Gasteiger charge is -2.21. The molecule has 0 N–H and O–H groups in total. The van der Waals surface area contributed by atoms with Crippen LogP contribution in [0.2, 0.25) is 0 Å². The molecule has 1 atom stereocenters. The molecule has 40 heavy (non-hydrogen) atoms. The first-order valence-corrected chi connectivity index (χ1v) is 14.8. The van der Waals surface area contributed by atoms with Crippen LogP contribution >= 0.6 is 0 Å². The highest BCUT2D eigenvalue weighted by Crippen LogP contribution is 2.37. The Morgan fingerprint density at radius 2 is 1.77 bits per heavy atom. The minimum Gasteiger partial charge on any atom is -0.313 e. The number of aryl methyl sites for hydroxylation is 1.